The Hall–Kier alpha value is -2.14. The van der Waals surface area contributed by atoms with Gasteiger partial charge in [0, 0.05) is 17.0 Å². The number of rotatable bonds is 6. The monoisotopic (exact) mass is 332 g/mol. The van der Waals surface area contributed by atoms with Gasteiger partial charge in [-0.15, -0.1) is 0 Å². The molecule has 3 N–H and O–H groups in total. The molecule has 0 saturated carbocycles. The van der Waals surface area contributed by atoms with E-state index in [-0.39, 0.29) is 11.9 Å². The van der Waals surface area contributed by atoms with Crippen LogP contribution >= 0.6 is 11.6 Å². The second-order valence-electron chi connectivity index (χ2n) is 5.27. The van der Waals surface area contributed by atoms with Crippen LogP contribution in [0, 0.1) is 0 Å². The first-order valence-electron chi connectivity index (χ1n) is 7.77. The van der Waals surface area contributed by atoms with E-state index in [1.54, 1.807) is 12.1 Å². The fraction of sp³-hybridized carbons (Fsp3) is 0.353. The molecule has 1 heterocycles. The zero-order chi connectivity index (χ0) is 16.8. The zero-order valence-corrected chi connectivity index (χ0v) is 14.2. The van der Waals surface area contributed by atoms with Crippen molar-refractivity contribution in [3.05, 3.63) is 35.0 Å². The molecule has 0 radical (unpaired) electrons. The summed E-state index contributed by atoms with van der Waals surface area (Å²) < 4.78 is 0. The lowest BCUT2D eigenvalue weighted by atomic mass is 10.0. The van der Waals surface area contributed by atoms with E-state index in [1.165, 1.54) is 0 Å². The minimum absolute atomic E-state index is 0.0902. The van der Waals surface area contributed by atoms with Crippen molar-refractivity contribution in [3.63, 3.8) is 0 Å². The summed E-state index contributed by atoms with van der Waals surface area (Å²) in [5.41, 5.74) is 8.60. The van der Waals surface area contributed by atoms with Crippen LogP contribution in [-0.2, 0) is 11.2 Å². The molecular formula is C17H21ClN4O. The Bertz CT molecular complexity index is 686. The summed E-state index contributed by atoms with van der Waals surface area (Å²) in [5.74, 6) is 0.524. The average Bonchev–Trinajstić information content (AvgIpc) is 2.53. The molecule has 0 saturated heterocycles. The smallest absolute Gasteiger partial charge is 0.231 e. The lowest BCUT2D eigenvalue weighted by Crippen LogP contribution is -2.15. The molecule has 0 fully saturated rings. The van der Waals surface area contributed by atoms with Gasteiger partial charge >= 0.3 is 0 Å². The number of hydrogen-bond donors (Lipinski definition) is 2. The highest BCUT2D eigenvalue weighted by molar-refractivity contribution is 6.30. The Morgan fingerprint density at radius 1 is 1.22 bits per heavy atom. The van der Waals surface area contributed by atoms with E-state index >= 15 is 0 Å². The first-order chi connectivity index (χ1) is 11.0. The van der Waals surface area contributed by atoms with Crippen LogP contribution in [0.2, 0.25) is 5.02 Å². The van der Waals surface area contributed by atoms with Crippen LogP contribution in [0.4, 0.5) is 11.8 Å². The van der Waals surface area contributed by atoms with Gasteiger partial charge in [0.05, 0.1) is 5.69 Å². The van der Waals surface area contributed by atoms with Crippen molar-refractivity contribution in [1.82, 2.24) is 9.97 Å². The molecule has 2 rings (SSSR count). The summed E-state index contributed by atoms with van der Waals surface area (Å²) in [7, 11) is 0. The number of aryl methyl sites for hydroxylation is 1. The van der Waals surface area contributed by atoms with Gasteiger partial charge in [-0.25, -0.2) is 4.98 Å². The zero-order valence-electron chi connectivity index (χ0n) is 13.4. The predicted molar refractivity (Wildman–Crippen MR) is 94.4 cm³/mol. The number of nitrogens with zero attached hydrogens (tertiary/aromatic N) is 2. The van der Waals surface area contributed by atoms with Crippen molar-refractivity contribution >= 4 is 29.3 Å². The van der Waals surface area contributed by atoms with E-state index in [4.69, 9.17) is 17.3 Å². The summed E-state index contributed by atoms with van der Waals surface area (Å²) in [5, 5.41) is 3.38. The number of carbonyl (C=O) groups excluding carboxylic acids is 1. The van der Waals surface area contributed by atoms with Crippen LogP contribution in [0.3, 0.4) is 0 Å². The maximum absolute atomic E-state index is 11.8. The molecule has 0 atom stereocenters. The molecule has 122 valence electrons. The van der Waals surface area contributed by atoms with Gasteiger partial charge in [-0.3, -0.25) is 10.1 Å². The number of nitrogens with one attached hydrogen (secondary N) is 1. The first kappa shape index (κ1) is 17.2. The standard InChI is InChI=1S/C17H21ClN4O/c1-3-5-6-14(23)21-17-20-13(4-2)15(16(19)22-17)11-7-9-12(18)10-8-11/h7-10H,3-6H2,1-2H3,(H3,19,20,21,22,23). The van der Waals surface area contributed by atoms with Crippen molar-refractivity contribution in [2.45, 2.75) is 39.5 Å². The van der Waals surface area contributed by atoms with Crippen LogP contribution in [0.5, 0.6) is 0 Å². The average molecular weight is 333 g/mol. The Morgan fingerprint density at radius 3 is 2.52 bits per heavy atom. The van der Waals surface area contributed by atoms with Crippen molar-refractivity contribution in [3.8, 4) is 11.1 Å². The summed E-state index contributed by atoms with van der Waals surface area (Å²) in [6, 6.07) is 7.37. The number of halogens is 1. The molecule has 1 amide bonds. The van der Waals surface area contributed by atoms with Crippen molar-refractivity contribution in [2.24, 2.45) is 0 Å². The number of nitrogens with two attached hydrogens (primary N) is 1. The fourth-order valence-corrected chi connectivity index (χ4v) is 2.42. The number of aromatic nitrogens is 2. The normalized spacial score (nSPS) is 10.6. The molecular weight excluding hydrogens is 312 g/mol. The van der Waals surface area contributed by atoms with Gasteiger partial charge in [-0.05, 0) is 30.5 Å². The van der Waals surface area contributed by atoms with Gasteiger partial charge in [-0.1, -0.05) is 44.0 Å². The SMILES string of the molecule is CCCCC(=O)Nc1nc(N)c(-c2ccc(Cl)cc2)c(CC)n1. The minimum Gasteiger partial charge on any atom is -0.383 e. The van der Waals surface area contributed by atoms with Crippen LogP contribution in [0.1, 0.15) is 38.8 Å². The number of carbonyl (C=O) groups is 1. The summed E-state index contributed by atoms with van der Waals surface area (Å²) in [4.78, 5) is 20.5. The molecule has 0 aliphatic rings. The summed E-state index contributed by atoms with van der Waals surface area (Å²) in [6.45, 7) is 4.03. The van der Waals surface area contributed by atoms with Crippen molar-refractivity contribution < 1.29 is 4.79 Å². The van der Waals surface area contributed by atoms with Gasteiger partial charge in [-0.2, -0.15) is 4.98 Å². The van der Waals surface area contributed by atoms with E-state index in [1.807, 2.05) is 26.0 Å². The maximum atomic E-state index is 11.8. The third-order valence-electron chi connectivity index (χ3n) is 3.49. The molecule has 1 aromatic carbocycles. The Labute approximate surface area is 141 Å². The van der Waals surface area contributed by atoms with Crippen LogP contribution < -0.4 is 11.1 Å². The Balaban J connectivity index is 2.32. The van der Waals surface area contributed by atoms with E-state index < -0.39 is 0 Å². The van der Waals surface area contributed by atoms with Gasteiger partial charge in [0.15, 0.2) is 0 Å². The molecule has 0 aliphatic heterocycles. The van der Waals surface area contributed by atoms with Crippen molar-refractivity contribution in [1.29, 1.82) is 0 Å². The van der Waals surface area contributed by atoms with Gasteiger partial charge in [0.1, 0.15) is 5.82 Å². The minimum atomic E-state index is -0.0902. The van der Waals surface area contributed by atoms with E-state index in [0.29, 0.717) is 23.7 Å². The molecule has 0 bridgehead atoms. The highest BCUT2D eigenvalue weighted by Gasteiger charge is 2.14. The molecule has 23 heavy (non-hydrogen) atoms. The maximum Gasteiger partial charge on any atom is 0.231 e. The van der Waals surface area contributed by atoms with E-state index in [0.717, 1.165) is 29.7 Å². The fourth-order valence-electron chi connectivity index (χ4n) is 2.29. The number of nitrogen functional groups attached to an aromatic ring is 1. The van der Waals surface area contributed by atoms with Crippen molar-refractivity contribution in [2.75, 3.05) is 11.1 Å². The second-order valence-corrected chi connectivity index (χ2v) is 5.70. The second kappa shape index (κ2) is 7.92. The van der Waals surface area contributed by atoms with E-state index in [2.05, 4.69) is 15.3 Å². The topological polar surface area (TPSA) is 80.9 Å². The molecule has 0 unspecified atom stereocenters. The predicted octanol–water partition coefficient (Wildman–Crippen LogP) is 4.07. The lowest BCUT2D eigenvalue weighted by Gasteiger charge is -2.13. The third-order valence-corrected chi connectivity index (χ3v) is 3.74. The molecule has 0 spiro atoms. The first-order valence-corrected chi connectivity index (χ1v) is 8.15. The molecule has 0 aliphatic carbocycles. The molecule has 2 aromatic rings. The van der Waals surface area contributed by atoms with Crippen LogP contribution in [0.15, 0.2) is 24.3 Å². The molecule has 6 heteroatoms. The third kappa shape index (κ3) is 4.42. The lowest BCUT2D eigenvalue weighted by molar-refractivity contribution is -0.116. The number of hydrogen-bond acceptors (Lipinski definition) is 4. The molecule has 1 aromatic heterocycles. The highest BCUT2D eigenvalue weighted by atomic mass is 35.5. The molecule has 5 nitrogen and oxygen atoms in total. The van der Waals surface area contributed by atoms with Gasteiger partial charge in [0.2, 0.25) is 11.9 Å². The number of unbranched alkanes of at least 4 members (excludes halogenated alkanes) is 1. The quantitative estimate of drug-likeness (QED) is 0.835. The van der Waals surface area contributed by atoms with Gasteiger partial charge < -0.3 is 5.73 Å². The van der Waals surface area contributed by atoms with Crippen LogP contribution in [-0.4, -0.2) is 15.9 Å². The summed E-state index contributed by atoms with van der Waals surface area (Å²) in [6.07, 6.45) is 2.94. The van der Waals surface area contributed by atoms with Gasteiger partial charge in [0.25, 0.3) is 0 Å². The Kier molecular flexibility index (Phi) is 5.93. The Morgan fingerprint density at radius 2 is 1.91 bits per heavy atom. The van der Waals surface area contributed by atoms with E-state index in [9.17, 15) is 4.79 Å². The largest absolute Gasteiger partial charge is 0.383 e. The highest BCUT2D eigenvalue weighted by Crippen LogP contribution is 2.30. The number of benzene rings is 1. The number of amides is 1. The van der Waals surface area contributed by atoms with Crippen LogP contribution in [0.25, 0.3) is 11.1 Å². The number of anilines is 2. The summed E-state index contributed by atoms with van der Waals surface area (Å²) >= 11 is 5.93.